The van der Waals surface area contributed by atoms with Crippen molar-refractivity contribution in [2.45, 2.75) is 94.1 Å². The number of carbonyl (C=O) groups excluding carboxylic acids is 1. The van der Waals surface area contributed by atoms with Crippen LogP contribution >= 0.6 is 0 Å². The molecule has 0 saturated heterocycles. The molecule has 0 fully saturated rings. The number of carbonyl (C=O) groups is 1. The molecule has 0 amide bonds. The lowest BCUT2D eigenvalue weighted by molar-refractivity contribution is -0.128. The lowest BCUT2D eigenvalue weighted by atomic mass is 9.72. The molecule has 1 aliphatic rings. The molecule has 0 aromatic rings. The maximum absolute atomic E-state index is 11.8. The largest absolute Gasteiger partial charge is 0.382 e. The normalized spacial score (nSPS) is 18.9. The van der Waals surface area contributed by atoms with Crippen LogP contribution in [0.3, 0.4) is 0 Å². The molecule has 0 saturated carbocycles. The molecule has 0 spiro atoms. The summed E-state index contributed by atoms with van der Waals surface area (Å²) in [6.07, 6.45) is 38.3. The Morgan fingerprint density at radius 2 is 1.07 bits per heavy atom. The number of allylic oxidation sites excluding steroid dienone is 23. The molecule has 1 rings (SSSR count). The maximum atomic E-state index is 11.8. The minimum Gasteiger partial charge on any atom is -0.382 e. The smallest absolute Gasteiger partial charge is 0.186 e. The third-order valence-electron chi connectivity index (χ3n) is 7.14. The van der Waals surface area contributed by atoms with E-state index in [0.29, 0.717) is 0 Å². The highest BCUT2D eigenvalue weighted by Gasteiger charge is 2.26. The molecular formula is C40H54O2. The fourth-order valence-electron chi connectivity index (χ4n) is 4.38. The van der Waals surface area contributed by atoms with Crippen molar-refractivity contribution >= 4 is 5.78 Å². The summed E-state index contributed by atoms with van der Waals surface area (Å²) in [6.45, 7) is 20.3. The quantitative estimate of drug-likeness (QED) is 0.178. The van der Waals surface area contributed by atoms with E-state index in [-0.39, 0.29) is 11.2 Å². The Labute approximate surface area is 257 Å². The van der Waals surface area contributed by atoms with Crippen LogP contribution in [0.2, 0.25) is 0 Å². The first kappa shape index (κ1) is 36.5. The highest BCUT2D eigenvalue weighted by Crippen LogP contribution is 2.40. The van der Waals surface area contributed by atoms with Crippen LogP contribution in [-0.4, -0.2) is 16.5 Å². The molecule has 0 aromatic heterocycles. The van der Waals surface area contributed by atoms with Gasteiger partial charge in [0.25, 0.3) is 0 Å². The molecule has 1 aliphatic carbocycles. The molecule has 42 heavy (non-hydrogen) atoms. The SMILES string of the molecule is CC1=C(/C=C/C(C)=C/C=C/C(C)=C/C=C/C=C(C)/C=C/C=C(C)/C=C/C=C(C)/C=C/C(=O)C(C)(C)O)C(C)(C)CCC1. The van der Waals surface area contributed by atoms with Crippen molar-refractivity contribution in [1.82, 2.24) is 0 Å². The van der Waals surface area contributed by atoms with Gasteiger partial charge < -0.3 is 5.11 Å². The number of hydrogen-bond donors (Lipinski definition) is 1. The van der Waals surface area contributed by atoms with E-state index in [2.05, 4.69) is 108 Å². The second-order valence-corrected chi connectivity index (χ2v) is 12.5. The molecule has 0 atom stereocenters. The van der Waals surface area contributed by atoms with Gasteiger partial charge in [-0.2, -0.15) is 0 Å². The molecule has 0 bridgehead atoms. The topological polar surface area (TPSA) is 37.3 Å². The third-order valence-corrected chi connectivity index (χ3v) is 7.14. The summed E-state index contributed by atoms with van der Waals surface area (Å²) in [4.78, 5) is 11.8. The summed E-state index contributed by atoms with van der Waals surface area (Å²) < 4.78 is 0. The zero-order valence-electron chi connectivity index (χ0n) is 27.8. The predicted octanol–water partition coefficient (Wildman–Crippen LogP) is 10.9. The van der Waals surface area contributed by atoms with E-state index >= 15 is 0 Å². The highest BCUT2D eigenvalue weighted by molar-refractivity contribution is 5.96. The van der Waals surface area contributed by atoms with Crippen LogP contribution in [0.4, 0.5) is 0 Å². The maximum Gasteiger partial charge on any atom is 0.186 e. The number of hydrogen-bond acceptors (Lipinski definition) is 2. The van der Waals surface area contributed by atoms with Gasteiger partial charge in [-0.25, -0.2) is 0 Å². The van der Waals surface area contributed by atoms with Crippen LogP contribution in [0.25, 0.3) is 0 Å². The Balaban J connectivity index is 2.62. The van der Waals surface area contributed by atoms with Crippen molar-refractivity contribution in [2.75, 3.05) is 0 Å². The van der Waals surface area contributed by atoms with E-state index in [0.717, 1.165) is 16.7 Å². The summed E-state index contributed by atoms with van der Waals surface area (Å²) >= 11 is 0. The van der Waals surface area contributed by atoms with Gasteiger partial charge in [0.05, 0.1) is 0 Å². The van der Waals surface area contributed by atoms with Crippen molar-refractivity contribution in [3.63, 3.8) is 0 Å². The van der Waals surface area contributed by atoms with E-state index in [1.165, 1.54) is 61.5 Å². The van der Waals surface area contributed by atoms with Crippen LogP contribution in [0.15, 0.2) is 142 Å². The van der Waals surface area contributed by atoms with Crippen molar-refractivity contribution in [3.05, 3.63) is 142 Å². The van der Waals surface area contributed by atoms with Gasteiger partial charge in [-0.15, -0.1) is 0 Å². The van der Waals surface area contributed by atoms with Gasteiger partial charge in [0.15, 0.2) is 5.78 Å². The van der Waals surface area contributed by atoms with Crippen LogP contribution in [0, 0.1) is 5.41 Å². The van der Waals surface area contributed by atoms with E-state index in [9.17, 15) is 9.90 Å². The fraction of sp³-hybridized carbons (Fsp3) is 0.375. The Morgan fingerprint density at radius 3 is 1.50 bits per heavy atom. The minimum absolute atomic E-state index is 0.274. The van der Waals surface area contributed by atoms with E-state index in [4.69, 9.17) is 0 Å². The van der Waals surface area contributed by atoms with Crippen molar-refractivity contribution in [3.8, 4) is 0 Å². The fourth-order valence-corrected chi connectivity index (χ4v) is 4.38. The lowest BCUT2D eigenvalue weighted by Crippen LogP contribution is -2.29. The highest BCUT2D eigenvalue weighted by atomic mass is 16.3. The lowest BCUT2D eigenvalue weighted by Gasteiger charge is -2.32. The first-order valence-corrected chi connectivity index (χ1v) is 15.0. The van der Waals surface area contributed by atoms with Gasteiger partial charge in [-0.3, -0.25) is 4.79 Å². The average molecular weight is 567 g/mol. The van der Waals surface area contributed by atoms with Gasteiger partial charge in [0.1, 0.15) is 5.60 Å². The standard InChI is InChI=1S/C40H54O2/c1-31(19-13-21-33(3)22-15-24-35(5)27-29-38(41)40(9,10)42)17-11-12-18-32(2)20-14-23-34(4)26-28-37-36(6)25-16-30-39(37,7)8/h11-15,17-24,26-29,42H,16,25,30H2,1-10H3/b12-11+,19-13+,20-14+,22-15+,28-26+,29-27+,31-17+,32-18+,33-21+,34-23+,35-24+. The average Bonchev–Trinajstić information content (AvgIpc) is 2.88. The summed E-state index contributed by atoms with van der Waals surface area (Å²) in [5, 5.41) is 9.69. The monoisotopic (exact) mass is 566 g/mol. The Bertz CT molecular complexity index is 1290. The van der Waals surface area contributed by atoms with E-state index < -0.39 is 5.60 Å². The predicted molar refractivity (Wildman–Crippen MR) is 185 cm³/mol. The Morgan fingerprint density at radius 1 is 0.667 bits per heavy atom. The molecule has 0 unspecified atom stereocenters. The molecule has 2 heteroatoms. The van der Waals surface area contributed by atoms with Gasteiger partial charge in [0, 0.05) is 0 Å². The molecule has 0 heterocycles. The molecular weight excluding hydrogens is 512 g/mol. The van der Waals surface area contributed by atoms with Crippen molar-refractivity contribution in [1.29, 1.82) is 0 Å². The van der Waals surface area contributed by atoms with Crippen LogP contribution < -0.4 is 0 Å². The first-order chi connectivity index (χ1) is 19.6. The molecule has 0 aromatic carbocycles. The second-order valence-electron chi connectivity index (χ2n) is 12.5. The molecule has 0 aliphatic heterocycles. The zero-order valence-corrected chi connectivity index (χ0v) is 27.8. The summed E-state index contributed by atoms with van der Waals surface area (Å²) in [6, 6.07) is 0. The zero-order chi connectivity index (χ0) is 31.8. The van der Waals surface area contributed by atoms with Gasteiger partial charge in [-0.05, 0) is 91.7 Å². The minimum atomic E-state index is -1.34. The van der Waals surface area contributed by atoms with Crippen LogP contribution in [0.5, 0.6) is 0 Å². The third kappa shape index (κ3) is 15.5. The summed E-state index contributed by atoms with van der Waals surface area (Å²) in [5.41, 5.74) is 7.62. The molecule has 2 nitrogen and oxygen atoms in total. The summed E-state index contributed by atoms with van der Waals surface area (Å²) in [5.74, 6) is -0.310. The van der Waals surface area contributed by atoms with Crippen LogP contribution in [-0.2, 0) is 4.79 Å². The first-order valence-electron chi connectivity index (χ1n) is 15.0. The Kier molecular flexibility index (Phi) is 15.8. The van der Waals surface area contributed by atoms with E-state index in [1.54, 1.807) is 6.08 Å². The second kappa shape index (κ2) is 18.1. The van der Waals surface area contributed by atoms with Crippen molar-refractivity contribution in [2.24, 2.45) is 5.41 Å². The molecule has 226 valence electrons. The van der Waals surface area contributed by atoms with Crippen molar-refractivity contribution < 1.29 is 9.90 Å². The van der Waals surface area contributed by atoms with Gasteiger partial charge >= 0.3 is 0 Å². The van der Waals surface area contributed by atoms with Gasteiger partial charge in [-0.1, -0.05) is 145 Å². The number of rotatable bonds is 13. The molecule has 0 radical (unpaired) electrons. The van der Waals surface area contributed by atoms with Crippen LogP contribution in [0.1, 0.15) is 88.5 Å². The Hall–Kier alpha value is -3.49. The molecule has 1 N–H and O–H groups in total. The van der Waals surface area contributed by atoms with Gasteiger partial charge in [0.2, 0.25) is 0 Å². The number of ketones is 1. The summed E-state index contributed by atoms with van der Waals surface area (Å²) in [7, 11) is 0. The number of aliphatic hydroxyl groups is 1. The van der Waals surface area contributed by atoms with E-state index in [1.807, 2.05) is 38.2 Å².